The highest BCUT2D eigenvalue weighted by Gasteiger charge is 2.19. The Morgan fingerprint density at radius 2 is 1.53 bits per heavy atom. The lowest BCUT2D eigenvalue weighted by Crippen LogP contribution is -2.24. The number of benzene rings is 3. The number of amides is 1. The van der Waals surface area contributed by atoms with E-state index in [4.69, 9.17) is 4.74 Å². The Morgan fingerprint density at radius 1 is 0.861 bits per heavy atom. The van der Waals surface area contributed by atoms with E-state index in [1.165, 1.54) is 44.4 Å². The maximum absolute atomic E-state index is 12.6. The average molecular weight is 532 g/mol. The summed E-state index contributed by atoms with van der Waals surface area (Å²) in [5, 5.41) is 2.67. The summed E-state index contributed by atoms with van der Waals surface area (Å²) >= 11 is 0. The molecule has 0 saturated heterocycles. The van der Waals surface area contributed by atoms with E-state index >= 15 is 0 Å². The SMILES string of the molecule is Cc1ccc(S(=O)(=O)N(C)C)cc1NC(=O)COc1ccc(S(=O)(=O)NCc2ccccc2)cc1C. The molecule has 0 aliphatic rings. The second-order valence-corrected chi connectivity index (χ2v) is 12.3. The number of nitrogens with one attached hydrogen (secondary N) is 2. The van der Waals surface area contributed by atoms with E-state index in [1.807, 2.05) is 30.3 Å². The lowest BCUT2D eigenvalue weighted by Gasteiger charge is -2.15. The Bertz CT molecular complexity index is 1450. The van der Waals surface area contributed by atoms with E-state index in [9.17, 15) is 21.6 Å². The summed E-state index contributed by atoms with van der Waals surface area (Å²) in [7, 11) is -4.53. The van der Waals surface area contributed by atoms with Crippen LogP contribution in [0.25, 0.3) is 0 Å². The monoisotopic (exact) mass is 531 g/mol. The number of sulfonamides is 2. The molecule has 0 atom stereocenters. The van der Waals surface area contributed by atoms with Gasteiger partial charge in [0.1, 0.15) is 5.75 Å². The number of carbonyl (C=O) groups excluding carboxylic acids is 1. The van der Waals surface area contributed by atoms with Gasteiger partial charge >= 0.3 is 0 Å². The second-order valence-electron chi connectivity index (χ2n) is 8.34. The Morgan fingerprint density at radius 3 is 2.17 bits per heavy atom. The number of aryl methyl sites for hydroxylation is 2. The van der Waals surface area contributed by atoms with Crippen LogP contribution in [0, 0.1) is 13.8 Å². The van der Waals surface area contributed by atoms with Crippen LogP contribution in [-0.4, -0.2) is 47.8 Å². The topological polar surface area (TPSA) is 122 Å². The molecule has 192 valence electrons. The van der Waals surface area contributed by atoms with Crippen molar-refractivity contribution in [2.75, 3.05) is 26.0 Å². The molecule has 0 heterocycles. The Labute approximate surface area is 212 Å². The zero-order chi connectivity index (χ0) is 26.5. The van der Waals surface area contributed by atoms with Gasteiger partial charge in [0.2, 0.25) is 20.0 Å². The van der Waals surface area contributed by atoms with Crippen molar-refractivity contribution < 1.29 is 26.4 Å². The van der Waals surface area contributed by atoms with E-state index in [2.05, 4.69) is 10.0 Å². The molecule has 0 aliphatic heterocycles. The van der Waals surface area contributed by atoms with Crippen LogP contribution in [0.1, 0.15) is 16.7 Å². The Hall–Kier alpha value is -3.25. The number of hydrogen-bond donors (Lipinski definition) is 2. The normalized spacial score (nSPS) is 11.9. The minimum atomic E-state index is -3.73. The zero-order valence-corrected chi connectivity index (χ0v) is 22.1. The fourth-order valence-electron chi connectivity index (χ4n) is 3.25. The van der Waals surface area contributed by atoms with Crippen LogP contribution in [0.3, 0.4) is 0 Å². The highest BCUT2D eigenvalue weighted by atomic mass is 32.2. The van der Waals surface area contributed by atoms with Crippen molar-refractivity contribution >= 4 is 31.6 Å². The van der Waals surface area contributed by atoms with Gasteiger partial charge in [0.15, 0.2) is 6.61 Å². The smallest absolute Gasteiger partial charge is 0.262 e. The number of hydrogen-bond acceptors (Lipinski definition) is 6. The lowest BCUT2D eigenvalue weighted by molar-refractivity contribution is -0.118. The fraction of sp³-hybridized carbons (Fsp3) is 0.240. The van der Waals surface area contributed by atoms with Crippen LogP contribution in [0.5, 0.6) is 5.75 Å². The molecule has 0 bridgehead atoms. The van der Waals surface area contributed by atoms with Crippen LogP contribution in [0.15, 0.2) is 76.5 Å². The first-order valence-corrected chi connectivity index (χ1v) is 13.9. The van der Waals surface area contributed by atoms with E-state index in [0.717, 1.165) is 9.87 Å². The minimum absolute atomic E-state index is 0.0582. The van der Waals surface area contributed by atoms with Crippen molar-refractivity contribution in [3.05, 3.63) is 83.4 Å². The molecule has 3 aromatic carbocycles. The summed E-state index contributed by atoms with van der Waals surface area (Å²) < 4.78 is 59.3. The molecule has 0 saturated carbocycles. The van der Waals surface area contributed by atoms with Gasteiger partial charge in [0.05, 0.1) is 9.79 Å². The average Bonchev–Trinajstić information content (AvgIpc) is 2.83. The van der Waals surface area contributed by atoms with Gasteiger partial charge in [-0.1, -0.05) is 36.4 Å². The van der Waals surface area contributed by atoms with Gasteiger partial charge in [-0.05, 0) is 60.9 Å². The quantitative estimate of drug-likeness (QED) is 0.415. The Balaban J connectivity index is 1.64. The third kappa shape index (κ3) is 6.70. The molecule has 1 amide bonds. The summed E-state index contributed by atoms with van der Waals surface area (Å²) in [6.07, 6.45) is 0. The molecule has 11 heteroatoms. The summed E-state index contributed by atoms with van der Waals surface area (Å²) in [5.74, 6) is -0.133. The lowest BCUT2D eigenvalue weighted by atomic mass is 10.2. The van der Waals surface area contributed by atoms with E-state index in [1.54, 1.807) is 19.9 Å². The predicted molar refractivity (Wildman–Crippen MR) is 138 cm³/mol. The molecule has 0 radical (unpaired) electrons. The standard InChI is InChI=1S/C25H29N3O6S2/c1-18-10-11-22(36(32,33)28(3)4)15-23(18)27-25(29)17-34-24-13-12-21(14-19(24)2)35(30,31)26-16-20-8-6-5-7-9-20/h5-15,26H,16-17H2,1-4H3,(H,27,29). The van der Waals surface area contributed by atoms with Crippen molar-refractivity contribution in [3.63, 3.8) is 0 Å². The number of anilines is 1. The van der Waals surface area contributed by atoms with Gasteiger partial charge in [-0.15, -0.1) is 0 Å². The first-order chi connectivity index (χ1) is 16.9. The molecular weight excluding hydrogens is 502 g/mol. The number of nitrogens with zero attached hydrogens (tertiary/aromatic N) is 1. The molecule has 36 heavy (non-hydrogen) atoms. The summed E-state index contributed by atoms with van der Waals surface area (Å²) in [6.45, 7) is 3.25. The predicted octanol–water partition coefficient (Wildman–Crippen LogP) is 3.05. The van der Waals surface area contributed by atoms with Crippen LogP contribution >= 0.6 is 0 Å². The van der Waals surface area contributed by atoms with Crippen molar-refractivity contribution in [1.82, 2.24) is 9.03 Å². The molecule has 3 aromatic rings. The molecule has 0 fully saturated rings. The molecule has 0 unspecified atom stereocenters. The van der Waals surface area contributed by atoms with Gasteiger partial charge in [-0.3, -0.25) is 4.79 Å². The molecule has 3 rings (SSSR count). The van der Waals surface area contributed by atoms with Crippen molar-refractivity contribution in [3.8, 4) is 5.75 Å². The number of ether oxygens (including phenoxy) is 1. The molecule has 9 nitrogen and oxygen atoms in total. The largest absolute Gasteiger partial charge is 0.483 e. The maximum atomic E-state index is 12.6. The van der Waals surface area contributed by atoms with Crippen LogP contribution in [0.4, 0.5) is 5.69 Å². The van der Waals surface area contributed by atoms with Crippen molar-refractivity contribution in [2.45, 2.75) is 30.2 Å². The third-order valence-corrected chi connectivity index (χ3v) is 8.60. The molecular formula is C25H29N3O6S2. The van der Waals surface area contributed by atoms with Crippen LogP contribution in [-0.2, 0) is 31.4 Å². The van der Waals surface area contributed by atoms with E-state index in [0.29, 0.717) is 22.6 Å². The molecule has 0 aliphatic carbocycles. The van der Waals surface area contributed by atoms with Gasteiger partial charge in [0, 0.05) is 26.3 Å². The fourth-order valence-corrected chi connectivity index (χ4v) is 5.28. The number of rotatable bonds is 10. The van der Waals surface area contributed by atoms with Gasteiger partial charge < -0.3 is 10.1 Å². The van der Waals surface area contributed by atoms with Gasteiger partial charge in [0.25, 0.3) is 5.91 Å². The molecule has 0 spiro atoms. The van der Waals surface area contributed by atoms with Gasteiger partial charge in [-0.2, -0.15) is 0 Å². The van der Waals surface area contributed by atoms with Crippen LogP contribution < -0.4 is 14.8 Å². The first-order valence-electron chi connectivity index (χ1n) is 11.0. The summed E-state index contributed by atoms with van der Waals surface area (Å²) in [6, 6.07) is 18.0. The minimum Gasteiger partial charge on any atom is -0.483 e. The van der Waals surface area contributed by atoms with Gasteiger partial charge in [-0.25, -0.2) is 25.9 Å². The second kappa shape index (κ2) is 11.2. The maximum Gasteiger partial charge on any atom is 0.262 e. The molecule has 0 aromatic heterocycles. The van der Waals surface area contributed by atoms with Crippen molar-refractivity contribution in [2.24, 2.45) is 0 Å². The van der Waals surface area contributed by atoms with E-state index in [-0.39, 0.29) is 22.9 Å². The summed E-state index contributed by atoms with van der Waals surface area (Å²) in [5.41, 5.74) is 2.42. The Kier molecular flexibility index (Phi) is 8.51. The third-order valence-electron chi connectivity index (χ3n) is 5.39. The van der Waals surface area contributed by atoms with E-state index < -0.39 is 26.0 Å². The summed E-state index contributed by atoms with van der Waals surface area (Å²) in [4.78, 5) is 12.6. The molecule has 2 N–H and O–H groups in total. The highest BCUT2D eigenvalue weighted by Crippen LogP contribution is 2.24. The van der Waals surface area contributed by atoms with Crippen molar-refractivity contribution in [1.29, 1.82) is 0 Å². The highest BCUT2D eigenvalue weighted by molar-refractivity contribution is 7.89. The number of carbonyl (C=O) groups is 1. The first kappa shape index (κ1) is 27.3. The zero-order valence-electron chi connectivity index (χ0n) is 20.5. The van der Waals surface area contributed by atoms with Crippen LogP contribution in [0.2, 0.25) is 0 Å².